The number of ether oxygens (including phenoxy) is 1. The van der Waals surface area contributed by atoms with Gasteiger partial charge in [0.05, 0.1) is 11.4 Å². The summed E-state index contributed by atoms with van der Waals surface area (Å²) in [5.74, 6) is 0.0100. The van der Waals surface area contributed by atoms with E-state index < -0.39 is 0 Å². The summed E-state index contributed by atoms with van der Waals surface area (Å²) in [6.45, 7) is 5.15. The van der Waals surface area contributed by atoms with Gasteiger partial charge in [0.2, 0.25) is 5.91 Å². The maximum Gasteiger partial charge on any atom is 0.224 e. The number of carbonyl (C=O) groups is 1. The summed E-state index contributed by atoms with van der Waals surface area (Å²) in [5, 5.41) is 2.83. The largest absolute Gasteiger partial charge is 0.382 e. The number of carbonyl (C=O) groups excluding carboxylic acids is 1. The van der Waals surface area contributed by atoms with Crippen molar-refractivity contribution >= 4 is 11.6 Å². The lowest BCUT2D eigenvalue weighted by Gasteiger charge is -2.07. The molecule has 1 aromatic heterocycles. The maximum absolute atomic E-state index is 11.5. The zero-order valence-electron chi connectivity index (χ0n) is 9.82. The van der Waals surface area contributed by atoms with E-state index in [1.807, 2.05) is 26.0 Å². The van der Waals surface area contributed by atoms with Crippen LogP contribution in [0, 0.1) is 6.92 Å². The molecule has 1 rings (SSSR count). The van der Waals surface area contributed by atoms with Crippen molar-refractivity contribution in [3.63, 3.8) is 0 Å². The van der Waals surface area contributed by atoms with Crippen LogP contribution in [-0.2, 0) is 9.53 Å². The Bertz CT molecular complexity index is 340. The van der Waals surface area contributed by atoms with E-state index in [1.165, 1.54) is 0 Å². The third-order valence-electron chi connectivity index (χ3n) is 2.18. The molecule has 88 valence electrons. The first-order chi connectivity index (χ1) is 7.74. The molecule has 16 heavy (non-hydrogen) atoms. The monoisotopic (exact) mass is 222 g/mol. The molecule has 1 N–H and O–H groups in total. The van der Waals surface area contributed by atoms with Crippen molar-refractivity contribution in [2.45, 2.75) is 26.7 Å². The molecule has 4 nitrogen and oxygen atoms in total. The highest BCUT2D eigenvalue weighted by molar-refractivity contribution is 5.91. The Morgan fingerprint density at radius 3 is 3.06 bits per heavy atom. The molecule has 0 aliphatic heterocycles. The van der Waals surface area contributed by atoms with Crippen molar-refractivity contribution in [3.05, 3.63) is 24.0 Å². The number of anilines is 1. The number of aromatic nitrogens is 1. The van der Waals surface area contributed by atoms with Gasteiger partial charge in [0.15, 0.2) is 0 Å². The standard InChI is InChI=1S/C12H18N2O2/c1-3-16-9-5-7-12(15)14-11-6-4-8-13-10(11)2/h4,6,8H,3,5,7,9H2,1-2H3,(H,14,15). The quantitative estimate of drug-likeness (QED) is 0.750. The molecule has 4 heteroatoms. The molecule has 1 amide bonds. The number of hydrogen-bond acceptors (Lipinski definition) is 3. The molecule has 0 saturated heterocycles. The van der Waals surface area contributed by atoms with E-state index in [-0.39, 0.29) is 5.91 Å². The SMILES string of the molecule is CCOCCCC(=O)Nc1cccnc1C. The zero-order chi connectivity index (χ0) is 11.8. The molecular weight excluding hydrogens is 204 g/mol. The molecule has 0 aromatic carbocycles. The first kappa shape index (κ1) is 12.6. The molecule has 0 atom stereocenters. The Balaban J connectivity index is 2.32. The topological polar surface area (TPSA) is 51.2 Å². The van der Waals surface area contributed by atoms with Gasteiger partial charge in [-0.15, -0.1) is 0 Å². The minimum atomic E-state index is 0.0100. The Hall–Kier alpha value is -1.42. The smallest absolute Gasteiger partial charge is 0.224 e. The van der Waals surface area contributed by atoms with Gasteiger partial charge >= 0.3 is 0 Å². The maximum atomic E-state index is 11.5. The average molecular weight is 222 g/mol. The lowest BCUT2D eigenvalue weighted by atomic mass is 10.2. The van der Waals surface area contributed by atoms with Crippen molar-refractivity contribution in [1.82, 2.24) is 4.98 Å². The van der Waals surface area contributed by atoms with Gasteiger partial charge in [-0.05, 0) is 32.4 Å². The fourth-order valence-electron chi connectivity index (χ4n) is 1.31. The number of hydrogen-bond donors (Lipinski definition) is 1. The van der Waals surface area contributed by atoms with Crippen LogP contribution >= 0.6 is 0 Å². The molecule has 1 aromatic rings. The summed E-state index contributed by atoms with van der Waals surface area (Å²) in [4.78, 5) is 15.6. The summed E-state index contributed by atoms with van der Waals surface area (Å²) in [6.07, 6.45) is 2.94. The number of rotatable bonds is 6. The molecule has 0 aliphatic carbocycles. The number of nitrogens with one attached hydrogen (secondary N) is 1. The van der Waals surface area contributed by atoms with Crippen LogP contribution in [0.5, 0.6) is 0 Å². The summed E-state index contributed by atoms with van der Waals surface area (Å²) in [5.41, 5.74) is 1.62. The van der Waals surface area contributed by atoms with Gasteiger partial charge in [0.25, 0.3) is 0 Å². The average Bonchev–Trinajstić information content (AvgIpc) is 2.28. The third kappa shape index (κ3) is 4.40. The fraction of sp³-hybridized carbons (Fsp3) is 0.500. The molecule has 0 saturated carbocycles. The van der Waals surface area contributed by atoms with Crippen molar-refractivity contribution < 1.29 is 9.53 Å². The predicted molar refractivity (Wildman–Crippen MR) is 63.3 cm³/mol. The molecule has 0 bridgehead atoms. The third-order valence-corrected chi connectivity index (χ3v) is 2.18. The summed E-state index contributed by atoms with van der Waals surface area (Å²) < 4.78 is 5.17. The second-order valence-corrected chi connectivity index (χ2v) is 3.49. The molecule has 0 aliphatic rings. The van der Waals surface area contributed by atoms with Crippen LogP contribution in [0.25, 0.3) is 0 Å². The van der Waals surface area contributed by atoms with Crippen molar-refractivity contribution in [1.29, 1.82) is 0 Å². The van der Waals surface area contributed by atoms with Crippen LogP contribution in [0.3, 0.4) is 0 Å². The second kappa shape index (κ2) is 6.95. The highest BCUT2D eigenvalue weighted by atomic mass is 16.5. The van der Waals surface area contributed by atoms with Crippen LogP contribution in [0.15, 0.2) is 18.3 Å². The second-order valence-electron chi connectivity index (χ2n) is 3.49. The Morgan fingerprint density at radius 2 is 2.38 bits per heavy atom. The number of amides is 1. The highest BCUT2D eigenvalue weighted by Crippen LogP contribution is 2.10. The van der Waals surface area contributed by atoms with Crippen LogP contribution in [0.4, 0.5) is 5.69 Å². The summed E-state index contributed by atoms with van der Waals surface area (Å²) >= 11 is 0. The number of nitrogens with zero attached hydrogens (tertiary/aromatic N) is 1. The minimum absolute atomic E-state index is 0.0100. The van der Waals surface area contributed by atoms with Crippen LogP contribution in [0.1, 0.15) is 25.5 Å². The summed E-state index contributed by atoms with van der Waals surface area (Å²) in [6, 6.07) is 3.66. The van der Waals surface area contributed by atoms with Crippen LogP contribution in [0.2, 0.25) is 0 Å². The highest BCUT2D eigenvalue weighted by Gasteiger charge is 2.04. The molecule has 0 spiro atoms. The van der Waals surface area contributed by atoms with Crippen LogP contribution < -0.4 is 5.32 Å². The minimum Gasteiger partial charge on any atom is -0.382 e. The molecular formula is C12H18N2O2. The molecule has 0 fully saturated rings. The van der Waals surface area contributed by atoms with Gasteiger partial charge in [0, 0.05) is 25.8 Å². The van der Waals surface area contributed by atoms with Crippen molar-refractivity contribution in [3.8, 4) is 0 Å². The fourth-order valence-corrected chi connectivity index (χ4v) is 1.31. The number of aryl methyl sites for hydroxylation is 1. The van der Waals surface area contributed by atoms with E-state index in [1.54, 1.807) is 6.20 Å². The Morgan fingerprint density at radius 1 is 1.56 bits per heavy atom. The lowest BCUT2D eigenvalue weighted by molar-refractivity contribution is -0.116. The number of pyridine rings is 1. The zero-order valence-corrected chi connectivity index (χ0v) is 9.82. The van der Waals surface area contributed by atoms with Crippen molar-refractivity contribution in [2.24, 2.45) is 0 Å². The Kier molecular flexibility index (Phi) is 5.50. The molecule has 1 heterocycles. The molecule has 0 unspecified atom stereocenters. The normalized spacial score (nSPS) is 10.1. The lowest BCUT2D eigenvalue weighted by Crippen LogP contribution is -2.13. The first-order valence-corrected chi connectivity index (χ1v) is 5.53. The first-order valence-electron chi connectivity index (χ1n) is 5.53. The predicted octanol–water partition coefficient (Wildman–Crippen LogP) is 2.15. The summed E-state index contributed by atoms with van der Waals surface area (Å²) in [7, 11) is 0. The van der Waals surface area contributed by atoms with Gasteiger partial charge in [-0.3, -0.25) is 9.78 Å². The van der Waals surface area contributed by atoms with E-state index in [2.05, 4.69) is 10.3 Å². The van der Waals surface area contributed by atoms with E-state index >= 15 is 0 Å². The van der Waals surface area contributed by atoms with E-state index in [4.69, 9.17) is 4.74 Å². The molecule has 0 radical (unpaired) electrons. The van der Waals surface area contributed by atoms with E-state index in [9.17, 15) is 4.79 Å². The van der Waals surface area contributed by atoms with Crippen LogP contribution in [-0.4, -0.2) is 24.1 Å². The van der Waals surface area contributed by atoms with Gasteiger partial charge in [-0.25, -0.2) is 0 Å². The van der Waals surface area contributed by atoms with E-state index in [0.29, 0.717) is 19.6 Å². The van der Waals surface area contributed by atoms with Gasteiger partial charge in [-0.2, -0.15) is 0 Å². The van der Waals surface area contributed by atoms with Gasteiger partial charge < -0.3 is 10.1 Å². The van der Waals surface area contributed by atoms with Gasteiger partial charge in [0.1, 0.15) is 0 Å². The Labute approximate surface area is 96.0 Å². The van der Waals surface area contributed by atoms with E-state index in [0.717, 1.165) is 17.8 Å². The van der Waals surface area contributed by atoms with Gasteiger partial charge in [-0.1, -0.05) is 0 Å². The van der Waals surface area contributed by atoms with Crippen molar-refractivity contribution in [2.75, 3.05) is 18.5 Å².